The minimum Gasteiger partial charge on any atom is -0.466 e. The Hall–Kier alpha value is -3.63. The molecule has 0 fully saturated rings. The summed E-state index contributed by atoms with van der Waals surface area (Å²) in [4.78, 5) is 25.1. The normalized spacial score (nSPS) is 10.3. The molecule has 0 aliphatic rings. The summed E-state index contributed by atoms with van der Waals surface area (Å²) in [5, 5.41) is 20.8. The van der Waals surface area contributed by atoms with Gasteiger partial charge >= 0.3 is 12.0 Å². The van der Waals surface area contributed by atoms with E-state index in [9.17, 15) is 14.7 Å². The molecule has 0 aromatic heterocycles. The summed E-state index contributed by atoms with van der Waals surface area (Å²) < 4.78 is 4.54. The third kappa shape index (κ3) is 5.70. The maximum Gasteiger partial charge on any atom is 0.330 e. The first-order valence-electron chi connectivity index (χ1n) is 8.13. The van der Waals surface area contributed by atoms with Crippen molar-refractivity contribution in [3.05, 3.63) is 65.7 Å². The highest BCUT2D eigenvalue weighted by Gasteiger charge is 2.15. The van der Waals surface area contributed by atoms with Crippen LogP contribution in [0.1, 0.15) is 11.1 Å². The number of ether oxygens (including phenoxy) is 1. The highest BCUT2D eigenvalue weighted by Crippen LogP contribution is 2.18. The third-order valence-corrected chi connectivity index (χ3v) is 3.65. The van der Waals surface area contributed by atoms with Crippen molar-refractivity contribution in [3.8, 4) is 6.07 Å². The molecule has 2 aromatic rings. The zero-order chi connectivity index (χ0) is 19.6. The van der Waals surface area contributed by atoms with Crippen molar-refractivity contribution in [3.63, 3.8) is 0 Å². The summed E-state index contributed by atoms with van der Waals surface area (Å²) in [6.45, 7) is -0.0930. The number of esters is 1. The summed E-state index contributed by atoms with van der Waals surface area (Å²) in [5.41, 5.74) is 2.39. The fraction of sp³-hybridized carbons (Fsp3) is 0.150. The van der Waals surface area contributed by atoms with Gasteiger partial charge in [0.2, 0.25) is 0 Å². The van der Waals surface area contributed by atoms with E-state index in [1.54, 1.807) is 54.6 Å². The van der Waals surface area contributed by atoms with Gasteiger partial charge < -0.3 is 15.2 Å². The molecule has 2 amide bonds. The fourth-order valence-electron chi connectivity index (χ4n) is 2.26. The van der Waals surface area contributed by atoms with E-state index in [4.69, 9.17) is 5.26 Å². The molecule has 0 spiro atoms. The highest BCUT2D eigenvalue weighted by molar-refractivity contribution is 6.01. The molecule has 2 N–H and O–H groups in total. The fourth-order valence-corrected chi connectivity index (χ4v) is 2.26. The molecule has 0 aliphatic heterocycles. The molecule has 0 saturated heterocycles. The first-order valence-corrected chi connectivity index (χ1v) is 8.13. The van der Waals surface area contributed by atoms with E-state index in [-0.39, 0.29) is 13.2 Å². The number of aliphatic hydroxyl groups excluding tert-OH is 1. The van der Waals surface area contributed by atoms with Crippen molar-refractivity contribution in [1.29, 1.82) is 5.26 Å². The van der Waals surface area contributed by atoms with Crippen LogP contribution in [0.2, 0.25) is 0 Å². The number of carbonyl (C=O) groups excluding carboxylic acids is 2. The van der Waals surface area contributed by atoms with Crippen LogP contribution in [-0.4, -0.2) is 37.4 Å². The quantitative estimate of drug-likeness (QED) is 0.605. The van der Waals surface area contributed by atoms with E-state index in [1.165, 1.54) is 18.1 Å². The second kappa shape index (κ2) is 9.75. The van der Waals surface area contributed by atoms with Crippen molar-refractivity contribution < 1.29 is 19.4 Å². The average molecular weight is 365 g/mol. The van der Waals surface area contributed by atoms with Gasteiger partial charge in [0.05, 0.1) is 31.9 Å². The van der Waals surface area contributed by atoms with Crippen molar-refractivity contribution in [2.24, 2.45) is 0 Å². The van der Waals surface area contributed by atoms with Gasteiger partial charge in [-0.1, -0.05) is 12.1 Å². The van der Waals surface area contributed by atoms with Crippen molar-refractivity contribution in [2.45, 2.75) is 0 Å². The second-order valence-corrected chi connectivity index (χ2v) is 5.44. The number of aliphatic hydroxyl groups is 1. The first kappa shape index (κ1) is 19.7. The molecule has 0 saturated carbocycles. The van der Waals surface area contributed by atoms with E-state index < -0.39 is 12.0 Å². The number of nitrogens with zero attached hydrogens (tertiary/aromatic N) is 2. The van der Waals surface area contributed by atoms with Crippen molar-refractivity contribution in [1.82, 2.24) is 0 Å². The topological polar surface area (TPSA) is 103 Å². The summed E-state index contributed by atoms with van der Waals surface area (Å²) in [6.07, 6.45) is 2.90. The summed E-state index contributed by atoms with van der Waals surface area (Å²) in [5.74, 6) is -0.456. The molecule has 0 unspecified atom stereocenters. The SMILES string of the molecule is COC(=O)C=Cc1ccc(N(CCO)C(=O)Nc2ccc(C#N)cc2)cc1. The number of methoxy groups -OCH3 is 1. The molecule has 0 atom stereocenters. The van der Waals surface area contributed by atoms with Gasteiger partial charge in [-0.15, -0.1) is 0 Å². The smallest absolute Gasteiger partial charge is 0.330 e. The number of nitrogens with one attached hydrogen (secondary N) is 1. The Morgan fingerprint density at radius 2 is 1.85 bits per heavy atom. The summed E-state index contributed by atoms with van der Waals surface area (Å²) >= 11 is 0. The lowest BCUT2D eigenvalue weighted by molar-refractivity contribution is -0.134. The zero-order valence-corrected chi connectivity index (χ0v) is 14.8. The molecule has 2 aromatic carbocycles. The Balaban J connectivity index is 2.13. The average Bonchev–Trinajstić information content (AvgIpc) is 2.71. The van der Waals surface area contributed by atoms with Gasteiger partial charge in [0.25, 0.3) is 0 Å². The van der Waals surface area contributed by atoms with Gasteiger partial charge in [0, 0.05) is 17.5 Å². The number of nitriles is 1. The molecule has 0 aliphatic carbocycles. The van der Waals surface area contributed by atoms with Gasteiger partial charge in [0.1, 0.15) is 0 Å². The molecule has 0 heterocycles. The number of hydrogen-bond donors (Lipinski definition) is 2. The number of carbonyl (C=O) groups is 2. The maximum absolute atomic E-state index is 12.6. The van der Waals surface area contributed by atoms with Crippen LogP contribution in [0.3, 0.4) is 0 Å². The van der Waals surface area contributed by atoms with E-state index in [0.29, 0.717) is 16.9 Å². The molecule has 2 rings (SSSR count). The maximum atomic E-state index is 12.6. The predicted octanol–water partition coefficient (Wildman–Crippen LogP) is 2.78. The Kier molecular flexibility index (Phi) is 7.11. The number of amides is 2. The van der Waals surface area contributed by atoms with Crippen molar-refractivity contribution >= 4 is 29.5 Å². The van der Waals surface area contributed by atoms with E-state index in [0.717, 1.165) is 5.56 Å². The third-order valence-electron chi connectivity index (χ3n) is 3.65. The van der Waals surface area contributed by atoms with Crippen LogP contribution in [-0.2, 0) is 9.53 Å². The van der Waals surface area contributed by atoms with Crippen LogP contribution >= 0.6 is 0 Å². The first-order chi connectivity index (χ1) is 13.1. The number of urea groups is 1. The van der Waals surface area contributed by atoms with Crippen LogP contribution in [0, 0.1) is 11.3 Å². The van der Waals surface area contributed by atoms with Gasteiger partial charge in [-0.25, -0.2) is 9.59 Å². The second-order valence-electron chi connectivity index (χ2n) is 5.44. The lowest BCUT2D eigenvalue weighted by Crippen LogP contribution is -2.37. The van der Waals surface area contributed by atoms with E-state index in [1.807, 2.05) is 6.07 Å². The number of anilines is 2. The van der Waals surface area contributed by atoms with Gasteiger partial charge in [-0.2, -0.15) is 5.26 Å². The Morgan fingerprint density at radius 3 is 2.41 bits per heavy atom. The molecule has 7 nitrogen and oxygen atoms in total. The summed E-state index contributed by atoms with van der Waals surface area (Å²) in [6, 6.07) is 15.0. The van der Waals surface area contributed by atoms with Crippen LogP contribution in [0.5, 0.6) is 0 Å². The number of hydrogen-bond acceptors (Lipinski definition) is 5. The molecule has 0 bridgehead atoms. The Labute approximate surface area is 157 Å². The lowest BCUT2D eigenvalue weighted by Gasteiger charge is -2.22. The van der Waals surface area contributed by atoms with Crippen LogP contribution in [0.25, 0.3) is 6.08 Å². The number of rotatable bonds is 6. The molecule has 0 radical (unpaired) electrons. The van der Waals surface area contributed by atoms with Gasteiger partial charge in [0.15, 0.2) is 0 Å². The van der Waals surface area contributed by atoms with E-state index in [2.05, 4.69) is 10.1 Å². The standard InChI is InChI=1S/C20H19N3O4/c1-27-19(25)11-6-15-4-9-18(10-5-15)23(12-13-24)20(26)22-17-7-2-16(14-21)3-8-17/h2-11,24H,12-13H2,1H3,(H,22,26). The van der Waals surface area contributed by atoms with Gasteiger partial charge in [-0.3, -0.25) is 4.90 Å². The summed E-state index contributed by atoms with van der Waals surface area (Å²) in [7, 11) is 1.30. The van der Waals surface area contributed by atoms with Crippen LogP contribution in [0.15, 0.2) is 54.6 Å². The molecular formula is C20H19N3O4. The zero-order valence-electron chi connectivity index (χ0n) is 14.8. The number of benzene rings is 2. The van der Waals surface area contributed by atoms with Crippen molar-refractivity contribution in [2.75, 3.05) is 30.5 Å². The highest BCUT2D eigenvalue weighted by atomic mass is 16.5. The Morgan fingerprint density at radius 1 is 1.19 bits per heavy atom. The van der Waals surface area contributed by atoms with E-state index >= 15 is 0 Å². The monoisotopic (exact) mass is 365 g/mol. The van der Waals surface area contributed by atoms with Crippen LogP contribution in [0.4, 0.5) is 16.2 Å². The van der Waals surface area contributed by atoms with Crippen LogP contribution < -0.4 is 10.2 Å². The minimum atomic E-state index is -0.456. The largest absolute Gasteiger partial charge is 0.466 e. The molecule has 7 heteroatoms. The Bertz CT molecular complexity index is 852. The molecule has 138 valence electrons. The van der Waals surface area contributed by atoms with Gasteiger partial charge in [-0.05, 0) is 48.0 Å². The molecular weight excluding hydrogens is 346 g/mol. The lowest BCUT2D eigenvalue weighted by atomic mass is 10.2. The predicted molar refractivity (Wildman–Crippen MR) is 102 cm³/mol. The molecule has 27 heavy (non-hydrogen) atoms. The minimum absolute atomic E-state index is 0.111.